The van der Waals surface area contributed by atoms with E-state index in [1.165, 1.54) is 22.3 Å². The molecule has 0 N–H and O–H groups in total. The van der Waals surface area contributed by atoms with Gasteiger partial charge in [0, 0.05) is 27.4 Å². The zero-order valence-corrected chi connectivity index (χ0v) is 39.2. The van der Waals surface area contributed by atoms with Crippen LogP contribution in [0.2, 0.25) is 0 Å². The molecule has 68 heavy (non-hydrogen) atoms. The Morgan fingerprint density at radius 2 is 1.06 bits per heavy atom. The van der Waals surface area contributed by atoms with Crippen LogP contribution in [0.4, 0.5) is 0 Å². The van der Waals surface area contributed by atoms with E-state index in [0.29, 0.717) is 11.4 Å². The van der Waals surface area contributed by atoms with Crippen LogP contribution in [0.15, 0.2) is 194 Å². The fourth-order valence-corrected chi connectivity index (χ4v) is 11.1. The van der Waals surface area contributed by atoms with Crippen LogP contribution in [-0.4, -0.2) is 4.57 Å². The Balaban J connectivity index is 1.09. The molecule has 1 spiro atoms. The molecule has 3 aliphatic rings. The van der Waals surface area contributed by atoms with Crippen LogP contribution in [0.25, 0.3) is 95.0 Å². The van der Waals surface area contributed by atoms with Crippen LogP contribution >= 0.6 is 0 Å². The molecular formula is C64H53N3O+2. The van der Waals surface area contributed by atoms with Crippen molar-refractivity contribution < 1.29 is 18.0 Å². The third kappa shape index (κ3) is 5.86. The van der Waals surface area contributed by atoms with Gasteiger partial charge in [-0.15, -0.1) is 9.13 Å². The number of aromatic nitrogens is 3. The van der Waals surface area contributed by atoms with E-state index in [1.54, 1.807) is 0 Å². The largest absolute Gasteiger partial charge is 0.499 e. The number of rotatable bonds is 5. The molecule has 3 aliphatic heterocycles. The van der Waals surface area contributed by atoms with E-state index in [0.717, 1.165) is 83.7 Å². The Hall–Kier alpha value is -7.82. The molecule has 0 amide bonds. The van der Waals surface area contributed by atoms with Gasteiger partial charge in [0.2, 0.25) is 5.69 Å². The Bertz CT molecular complexity index is 3810. The summed E-state index contributed by atoms with van der Waals surface area (Å²) in [5, 5.41) is 0. The van der Waals surface area contributed by atoms with Gasteiger partial charge in [-0.3, -0.25) is 0 Å². The molecule has 0 fully saturated rings. The molecule has 0 bridgehead atoms. The van der Waals surface area contributed by atoms with Crippen molar-refractivity contribution in [3.8, 4) is 89.7 Å². The van der Waals surface area contributed by atoms with Gasteiger partial charge in [0.05, 0.1) is 5.56 Å². The molecule has 5 heterocycles. The lowest BCUT2D eigenvalue weighted by Gasteiger charge is -2.32. The van der Waals surface area contributed by atoms with Gasteiger partial charge < -0.3 is 4.74 Å². The number of nitrogens with zero attached hydrogens (tertiary/aromatic N) is 3. The summed E-state index contributed by atoms with van der Waals surface area (Å²) in [6, 6.07) is 66.6. The number of hydrogen-bond acceptors (Lipinski definition) is 1. The SMILES string of the molecule is [2H]C([2H])([2H])c1cc(-c2cc(C(C)(C)C)cc(C(C)(C)C)c2)ccc1-n1c2[n+]3c4c(cccc41)-c1cc(-c4ccccc4)cc4c1C3(Oc1ccccc1-2)[n+]1ccc(-c2ccc(-c3ccccc3)cc2)cc1-4. The summed E-state index contributed by atoms with van der Waals surface area (Å²) in [6.45, 7) is 10.9. The van der Waals surface area contributed by atoms with Gasteiger partial charge >= 0.3 is 11.7 Å². The highest BCUT2D eigenvalue weighted by molar-refractivity contribution is 5.99. The van der Waals surface area contributed by atoms with Crippen molar-refractivity contribution in [1.29, 1.82) is 0 Å². The van der Waals surface area contributed by atoms with Gasteiger partial charge in [-0.05, 0) is 127 Å². The maximum Gasteiger partial charge on any atom is 0.499 e. The fourth-order valence-electron chi connectivity index (χ4n) is 11.1. The Labute approximate surface area is 403 Å². The smallest absolute Gasteiger partial charge is 0.392 e. The van der Waals surface area contributed by atoms with E-state index in [4.69, 9.17) is 4.74 Å². The molecule has 13 rings (SSSR count). The van der Waals surface area contributed by atoms with Crippen LogP contribution in [0.1, 0.15) is 67.9 Å². The maximum atomic E-state index is 9.27. The highest BCUT2D eigenvalue weighted by Crippen LogP contribution is 2.54. The number of hydrogen-bond donors (Lipinski definition) is 0. The lowest BCUT2D eigenvalue weighted by atomic mass is 9.79. The first-order valence-electron chi connectivity index (χ1n) is 25.2. The summed E-state index contributed by atoms with van der Waals surface area (Å²) in [4.78, 5) is 0. The number of aryl methyl sites for hydroxylation is 1. The van der Waals surface area contributed by atoms with Crippen LogP contribution in [-0.2, 0) is 16.7 Å². The monoisotopic (exact) mass is 882 g/mol. The van der Waals surface area contributed by atoms with E-state index < -0.39 is 12.7 Å². The normalized spacial score (nSPS) is 16.0. The van der Waals surface area contributed by atoms with Crippen molar-refractivity contribution >= 4 is 11.0 Å². The lowest BCUT2D eigenvalue weighted by Crippen LogP contribution is -2.78. The maximum absolute atomic E-state index is 9.27. The molecule has 0 radical (unpaired) electrons. The van der Waals surface area contributed by atoms with Gasteiger partial charge in [-0.1, -0.05) is 169 Å². The van der Waals surface area contributed by atoms with Gasteiger partial charge in [0.1, 0.15) is 22.6 Å². The third-order valence-electron chi connectivity index (χ3n) is 14.6. The minimum absolute atomic E-state index is 0.107. The van der Waals surface area contributed by atoms with E-state index in [2.05, 4.69) is 213 Å². The van der Waals surface area contributed by atoms with Crippen molar-refractivity contribution in [3.63, 3.8) is 0 Å². The molecule has 0 saturated heterocycles. The predicted molar refractivity (Wildman–Crippen MR) is 277 cm³/mol. The molecule has 10 aromatic rings. The summed E-state index contributed by atoms with van der Waals surface area (Å²) in [6.07, 6.45) is 2.18. The van der Waals surface area contributed by atoms with Gasteiger partial charge in [0.15, 0.2) is 17.2 Å². The van der Waals surface area contributed by atoms with Crippen molar-refractivity contribution in [1.82, 2.24) is 4.57 Å². The number of benzene rings is 8. The van der Waals surface area contributed by atoms with E-state index in [1.807, 2.05) is 36.4 Å². The van der Waals surface area contributed by atoms with E-state index >= 15 is 0 Å². The van der Waals surface area contributed by atoms with Crippen molar-refractivity contribution in [2.75, 3.05) is 0 Å². The molecule has 2 aromatic heterocycles. The molecule has 328 valence electrons. The molecule has 1 atom stereocenters. The summed E-state index contributed by atoms with van der Waals surface area (Å²) >= 11 is 0. The lowest BCUT2D eigenvalue weighted by molar-refractivity contribution is -0.997. The number of pyridine rings is 1. The predicted octanol–water partition coefficient (Wildman–Crippen LogP) is 15.0. The van der Waals surface area contributed by atoms with Crippen LogP contribution in [0.3, 0.4) is 0 Å². The zero-order valence-electron chi connectivity index (χ0n) is 42.2. The topological polar surface area (TPSA) is 21.9 Å². The first-order valence-corrected chi connectivity index (χ1v) is 23.7. The second-order valence-electron chi connectivity index (χ2n) is 20.8. The molecule has 4 nitrogen and oxygen atoms in total. The Morgan fingerprint density at radius 1 is 0.485 bits per heavy atom. The Kier molecular flexibility index (Phi) is 7.87. The van der Waals surface area contributed by atoms with Gasteiger partial charge in [-0.25, -0.2) is 0 Å². The molecule has 0 saturated carbocycles. The second-order valence-corrected chi connectivity index (χ2v) is 20.8. The van der Waals surface area contributed by atoms with Gasteiger partial charge in [0.25, 0.3) is 0 Å². The number of fused-ring (bicyclic) bond motifs is 5. The molecule has 8 aromatic carbocycles. The zero-order chi connectivity index (χ0) is 48.8. The number of imidazole rings is 1. The van der Waals surface area contributed by atoms with Crippen LogP contribution in [0.5, 0.6) is 5.75 Å². The third-order valence-corrected chi connectivity index (χ3v) is 14.6. The van der Waals surface area contributed by atoms with Crippen LogP contribution < -0.4 is 13.9 Å². The Morgan fingerprint density at radius 3 is 1.75 bits per heavy atom. The summed E-state index contributed by atoms with van der Waals surface area (Å²) in [5.41, 5.74) is 19.8. The first-order chi connectivity index (χ1) is 34.1. The molecule has 1 unspecified atom stereocenters. The minimum atomic E-state index is -2.46. The second kappa shape index (κ2) is 14.3. The minimum Gasteiger partial charge on any atom is -0.392 e. The fraction of sp³-hybridized carbons (Fsp3) is 0.156. The molecule has 4 heteroatoms. The standard InChI is InChI=1S/C64H53N3O/c1-40-33-45(47-34-49(62(2,3)4)39-50(35-47)63(5,6)7)29-30-55(40)66-56-23-16-22-51-53-36-48(42-19-12-9-13-20-42)37-54-57-38-46(44-27-25-43(26-28-44)41-17-10-8-11-18-41)31-32-65(57)64(59(53)54)67(60(51)56)61(66)52-21-14-15-24-58(52)68-64/h8-39H,1-7H3/q+2/i1D3. The van der Waals surface area contributed by atoms with Crippen molar-refractivity contribution in [2.45, 2.75) is 65.1 Å². The summed E-state index contributed by atoms with van der Waals surface area (Å²) < 4.78 is 42.3. The highest BCUT2D eigenvalue weighted by atomic mass is 16.5. The number of ether oxygens (including phenoxy) is 1. The summed E-state index contributed by atoms with van der Waals surface area (Å²) in [7, 11) is 0. The van der Waals surface area contributed by atoms with Crippen LogP contribution in [0, 0.1) is 6.85 Å². The quantitative estimate of drug-likeness (QED) is 0.158. The van der Waals surface area contributed by atoms with Gasteiger partial charge in [-0.2, -0.15) is 4.57 Å². The van der Waals surface area contributed by atoms with E-state index in [-0.39, 0.29) is 16.4 Å². The average Bonchev–Trinajstić information content (AvgIpc) is 3.88. The first kappa shape index (κ1) is 37.3. The number of para-hydroxylation sites is 2. The van der Waals surface area contributed by atoms with Crippen molar-refractivity contribution in [3.05, 3.63) is 217 Å². The average molecular weight is 883 g/mol. The summed E-state index contributed by atoms with van der Waals surface area (Å²) in [5.74, 6) is 0.358. The van der Waals surface area contributed by atoms with Crippen molar-refractivity contribution in [2.24, 2.45) is 0 Å². The highest BCUT2D eigenvalue weighted by Gasteiger charge is 2.68. The van der Waals surface area contributed by atoms with E-state index in [9.17, 15) is 4.11 Å². The molecule has 0 aliphatic carbocycles. The molecular weight excluding hydrogens is 827 g/mol.